The van der Waals surface area contributed by atoms with Crippen LogP contribution in [0.15, 0.2) is 30.3 Å². The van der Waals surface area contributed by atoms with Gasteiger partial charge < -0.3 is 10.6 Å². The molecule has 2 N–H and O–H groups in total. The molecule has 1 heterocycles. The Balaban J connectivity index is 2.09. The molecule has 2 rings (SSSR count). The van der Waals surface area contributed by atoms with Crippen LogP contribution in [-0.2, 0) is 6.42 Å². The molecule has 0 spiro atoms. The maximum absolute atomic E-state index is 4.57. The Labute approximate surface area is 133 Å². The Morgan fingerprint density at radius 2 is 1.86 bits per heavy atom. The third-order valence-corrected chi connectivity index (χ3v) is 3.58. The standard InChI is InChI=1S/C18H26N4/c1-4-6-9-12-19-18-20-14(3)13-17(22-18)21-16-11-8-7-10-15(16)5-2/h7-8,10-11,13H,4-6,9,12H2,1-3H3,(H2,19,20,21,22). The van der Waals surface area contributed by atoms with Crippen molar-refractivity contribution in [2.24, 2.45) is 0 Å². The monoisotopic (exact) mass is 298 g/mol. The summed E-state index contributed by atoms with van der Waals surface area (Å²) in [5, 5.41) is 6.73. The van der Waals surface area contributed by atoms with E-state index in [1.165, 1.54) is 18.4 Å². The maximum Gasteiger partial charge on any atom is 0.224 e. The molecule has 0 aliphatic heterocycles. The SMILES string of the molecule is CCCCCNc1nc(C)cc(Nc2ccccc2CC)n1. The Hall–Kier alpha value is -2.10. The van der Waals surface area contributed by atoms with Crippen molar-refractivity contribution in [1.29, 1.82) is 0 Å². The van der Waals surface area contributed by atoms with Gasteiger partial charge in [-0.3, -0.25) is 0 Å². The van der Waals surface area contributed by atoms with E-state index in [2.05, 4.69) is 52.6 Å². The van der Waals surface area contributed by atoms with Gasteiger partial charge in [0.1, 0.15) is 5.82 Å². The van der Waals surface area contributed by atoms with Crippen LogP contribution in [0.5, 0.6) is 0 Å². The van der Waals surface area contributed by atoms with Crippen molar-refractivity contribution in [3.05, 3.63) is 41.6 Å². The summed E-state index contributed by atoms with van der Waals surface area (Å²) in [5.41, 5.74) is 3.36. The molecule has 4 heteroatoms. The molecule has 0 bridgehead atoms. The molecule has 0 fully saturated rings. The Kier molecular flexibility index (Phi) is 6.19. The smallest absolute Gasteiger partial charge is 0.224 e. The fourth-order valence-corrected chi connectivity index (χ4v) is 2.38. The van der Waals surface area contributed by atoms with Gasteiger partial charge in [0.2, 0.25) is 5.95 Å². The summed E-state index contributed by atoms with van der Waals surface area (Å²) >= 11 is 0. The molecule has 4 nitrogen and oxygen atoms in total. The number of anilines is 3. The molecule has 118 valence electrons. The molecule has 0 unspecified atom stereocenters. The number of hydrogen-bond acceptors (Lipinski definition) is 4. The van der Waals surface area contributed by atoms with Crippen molar-refractivity contribution in [3.8, 4) is 0 Å². The molecular weight excluding hydrogens is 272 g/mol. The van der Waals surface area contributed by atoms with Crippen molar-refractivity contribution >= 4 is 17.5 Å². The molecule has 0 saturated carbocycles. The first-order chi connectivity index (χ1) is 10.7. The van der Waals surface area contributed by atoms with Gasteiger partial charge in [0, 0.05) is 24.0 Å². The van der Waals surface area contributed by atoms with Gasteiger partial charge in [-0.1, -0.05) is 44.9 Å². The van der Waals surface area contributed by atoms with Crippen LogP contribution in [0.2, 0.25) is 0 Å². The van der Waals surface area contributed by atoms with Crippen LogP contribution >= 0.6 is 0 Å². The predicted octanol–water partition coefficient (Wildman–Crippen LogP) is 4.69. The minimum Gasteiger partial charge on any atom is -0.354 e. The minimum absolute atomic E-state index is 0.701. The summed E-state index contributed by atoms with van der Waals surface area (Å²) in [7, 11) is 0. The molecule has 0 aliphatic carbocycles. The highest BCUT2D eigenvalue weighted by Gasteiger charge is 2.05. The lowest BCUT2D eigenvalue weighted by atomic mass is 10.1. The van der Waals surface area contributed by atoms with Gasteiger partial charge in [-0.05, 0) is 31.4 Å². The largest absolute Gasteiger partial charge is 0.354 e. The third kappa shape index (κ3) is 4.72. The molecule has 0 atom stereocenters. The predicted molar refractivity (Wildman–Crippen MR) is 93.9 cm³/mol. The second kappa shape index (κ2) is 8.37. The molecule has 0 saturated heterocycles. The quantitative estimate of drug-likeness (QED) is 0.694. The molecule has 0 aliphatic rings. The highest BCUT2D eigenvalue weighted by molar-refractivity contribution is 5.61. The van der Waals surface area contributed by atoms with Crippen molar-refractivity contribution in [2.75, 3.05) is 17.2 Å². The van der Waals surface area contributed by atoms with Gasteiger partial charge in [0.05, 0.1) is 0 Å². The lowest BCUT2D eigenvalue weighted by Crippen LogP contribution is -2.08. The van der Waals surface area contributed by atoms with Gasteiger partial charge >= 0.3 is 0 Å². The van der Waals surface area contributed by atoms with Crippen LogP contribution in [-0.4, -0.2) is 16.5 Å². The van der Waals surface area contributed by atoms with Crippen LogP contribution in [0.1, 0.15) is 44.4 Å². The number of unbranched alkanes of at least 4 members (excludes halogenated alkanes) is 2. The minimum atomic E-state index is 0.701. The molecular formula is C18H26N4. The zero-order valence-electron chi connectivity index (χ0n) is 13.8. The normalized spacial score (nSPS) is 10.5. The number of nitrogens with one attached hydrogen (secondary N) is 2. The zero-order chi connectivity index (χ0) is 15.8. The highest BCUT2D eigenvalue weighted by Crippen LogP contribution is 2.21. The summed E-state index contributed by atoms with van der Waals surface area (Å²) < 4.78 is 0. The van der Waals surface area contributed by atoms with E-state index in [0.29, 0.717) is 5.95 Å². The second-order valence-corrected chi connectivity index (χ2v) is 5.49. The molecule has 2 aromatic rings. The topological polar surface area (TPSA) is 49.8 Å². The van der Waals surface area contributed by atoms with Crippen LogP contribution in [0, 0.1) is 6.92 Å². The van der Waals surface area contributed by atoms with Crippen LogP contribution in [0.25, 0.3) is 0 Å². The fourth-order valence-electron chi connectivity index (χ4n) is 2.38. The van der Waals surface area contributed by atoms with Gasteiger partial charge in [-0.25, -0.2) is 4.98 Å². The van der Waals surface area contributed by atoms with E-state index in [1.807, 2.05) is 19.1 Å². The van der Waals surface area contributed by atoms with Crippen molar-refractivity contribution < 1.29 is 0 Å². The lowest BCUT2D eigenvalue weighted by molar-refractivity contribution is 0.740. The second-order valence-electron chi connectivity index (χ2n) is 5.49. The number of aromatic nitrogens is 2. The van der Waals surface area contributed by atoms with E-state index in [0.717, 1.165) is 36.6 Å². The average Bonchev–Trinajstić information content (AvgIpc) is 2.52. The first-order valence-electron chi connectivity index (χ1n) is 8.17. The Bertz CT molecular complexity index is 595. The molecule has 1 aromatic carbocycles. The van der Waals surface area contributed by atoms with Crippen molar-refractivity contribution in [3.63, 3.8) is 0 Å². The van der Waals surface area contributed by atoms with Crippen molar-refractivity contribution in [1.82, 2.24) is 9.97 Å². The zero-order valence-corrected chi connectivity index (χ0v) is 13.8. The van der Waals surface area contributed by atoms with Crippen LogP contribution in [0.4, 0.5) is 17.5 Å². The molecule has 1 aromatic heterocycles. The van der Waals surface area contributed by atoms with Crippen molar-refractivity contribution in [2.45, 2.75) is 46.5 Å². The van der Waals surface area contributed by atoms with Gasteiger partial charge in [0.25, 0.3) is 0 Å². The summed E-state index contributed by atoms with van der Waals surface area (Å²) in [4.78, 5) is 9.02. The number of rotatable bonds is 8. The lowest BCUT2D eigenvalue weighted by Gasteiger charge is -2.12. The number of nitrogens with zero attached hydrogens (tertiary/aromatic N) is 2. The van der Waals surface area contributed by atoms with Gasteiger partial charge in [-0.15, -0.1) is 0 Å². The van der Waals surface area contributed by atoms with E-state index >= 15 is 0 Å². The molecule has 0 amide bonds. The van der Waals surface area contributed by atoms with E-state index in [-0.39, 0.29) is 0 Å². The fraction of sp³-hybridized carbons (Fsp3) is 0.444. The van der Waals surface area contributed by atoms with E-state index in [4.69, 9.17) is 0 Å². The maximum atomic E-state index is 4.57. The summed E-state index contributed by atoms with van der Waals surface area (Å²) in [6.07, 6.45) is 4.59. The first kappa shape index (κ1) is 16.3. The number of hydrogen-bond donors (Lipinski definition) is 2. The third-order valence-electron chi connectivity index (χ3n) is 3.58. The summed E-state index contributed by atoms with van der Waals surface area (Å²) in [6, 6.07) is 10.3. The average molecular weight is 298 g/mol. The van der Waals surface area contributed by atoms with E-state index in [9.17, 15) is 0 Å². The summed E-state index contributed by atoms with van der Waals surface area (Å²) in [5.74, 6) is 1.54. The number of para-hydroxylation sites is 1. The first-order valence-corrected chi connectivity index (χ1v) is 8.17. The number of aryl methyl sites for hydroxylation is 2. The number of benzene rings is 1. The Morgan fingerprint density at radius 3 is 2.64 bits per heavy atom. The van der Waals surface area contributed by atoms with Crippen LogP contribution in [0.3, 0.4) is 0 Å². The molecule has 22 heavy (non-hydrogen) atoms. The van der Waals surface area contributed by atoms with Gasteiger partial charge in [-0.2, -0.15) is 4.98 Å². The van der Waals surface area contributed by atoms with E-state index in [1.54, 1.807) is 0 Å². The summed E-state index contributed by atoms with van der Waals surface area (Å²) in [6.45, 7) is 7.28. The van der Waals surface area contributed by atoms with Gasteiger partial charge in [0.15, 0.2) is 0 Å². The van der Waals surface area contributed by atoms with E-state index < -0.39 is 0 Å². The Morgan fingerprint density at radius 1 is 1.05 bits per heavy atom. The highest BCUT2D eigenvalue weighted by atomic mass is 15.1. The molecule has 0 radical (unpaired) electrons. The van der Waals surface area contributed by atoms with Crippen LogP contribution < -0.4 is 10.6 Å².